The molecule has 0 amide bonds. The second-order valence-corrected chi connectivity index (χ2v) is 5.00. The molecule has 0 saturated heterocycles. The lowest BCUT2D eigenvalue weighted by Gasteiger charge is -2.09. The quantitative estimate of drug-likeness (QED) is 0.635. The van der Waals surface area contributed by atoms with E-state index in [1.165, 1.54) is 0 Å². The maximum absolute atomic E-state index is 4.45. The lowest BCUT2D eigenvalue weighted by molar-refractivity contribution is 0.496. The molecule has 0 N–H and O–H groups in total. The van der Waals surface area contributed by atoms with Crippen molar-refractivity contribution >= 4 is 39.1 Å². The van der Waals surface area contributed by atoms with Crippen molar-refractivity contribution in [1.29, 1.82) is 0 Å². The van der Waals surface area contributed by atoms with Crippen LogP contribution < -0.4 is 0 Å². The summed E-state index contributed by atoms with van der Waals surface area (Å²) in [5, 5.41) is 6.61. The zero-order chi connectivity index (χ0) is 13.1. The average Bonchev–Trinajstić information content (AvgIpc) is 2.37. The fraction of sp³-hybridized carbons (Fsp3) is 0.143. The van der Waals surface area contributed by atoms with Gasteiger partial charge in [-0.25, -0.2) is 0 Å². The Morgan fingerprint density at radius 2 is 2.22 bits per heavy atom. The fourth-order valence-electron chi connectivity index (χ4n) is 1.71. The van der Waals surface area contributed by atoms with Crippen LogP contribution in [0.15, 0.2) is 46.2 Å². The Labute approximate surface area is 115 Å². The molecule has 0 aliphatic rings. The standard InChI is InChI=1S/C14H14BrN3/c1-10(9-18(3)16-2)12-6-11-7-13(15)4-5-14(11)17-8-12/h4-9H,2H2,1,3H3/b10-9+. The van der Waals surface area contributed by atoms with Gasteiger partial charge in [-0.3, -0.25) is 9.99 Å². The first-order chi connectivity index (χ1) is 8.60. The number of hydrogen-bond acceptors (Lipinski definition) is 3. The van der Waals surface area contributed by atoms with Gasteiger partial charge in [0.1, 0.15) is 0 Å². The molecule has 1 aromatic heterocycles. The third-order valence-electron chi connectivity index (χ3n) is 2.70. The summed E-state index contributed by atoms with van der Waals surface area (Å²) in [6.45, 7) is 5.51. The minimum absolute atomic E-state index is 0.991. The molecule has 2 rings (SSSR count). The van der Waals surface area contributed by atoms with Gasteiger partial charge in [0.2, 0.25) is 0 Å². The summed E-state index contributed by atoms with van der Waals surface area (Å²) in [7, 11) is 1.85. The van der Waals surface area contributed by atoms with E-state index in [0.717, 1.165) is 26.5 Å². The van der Waals surface area contributed by atoms with E-state index in [0.29, 0.717) is 0 Å². The van der Waals surface area contributed by atoms with Crippen molar-refractivity contribution < 1.29 is 0 Å². The van der Waals surface area contributed by atoms with E-state index in [9.17, 15) is 0 Å². The third kappa shape index (κ3) is 2.76. The molecule has 2 aromatic rings. The summed E-state index contributed by atoms with van der Waals surface area (Å²) in [6.07, 6.45) is 3.80. The second-order valence-electron chi connectivity index (χ2n) is 4.09. The zero-order valence-electron chi connectivity index (χ0n) is 10.4. The van der Waals surface area contributed by atoms with Crippen LogP contribution in [0.3, 0.4) is 0 Å². The lowest BCUT2D eigenvalue weighted by Crippen LogP contribution is -2.00. The maximum atomic E-state index is 4.45. The first-order valence-corrected chi connectivity index (χ1v) is 6.33. The van der Waals surface area contributed by atoms with Gasteiger partial charge in [-0.2, -0.15) is 5.10 Å². The summed E-state index contributed by atoms with van der Waals surface area (Å²) in [4.78, 5) is 4.45. The molecule has 0 bridgehead atoms. The molecule has 0 aliphatic heterocycles. The summed E-state index contributed by atoms with van der Waals surface area (Å²) < 4.78 is 1.06. The molecule has 0 saturated carbocycles. The Morgan fingerprint density at radius 3 is 2.94 bits per heavy atom. The molecular weight excluding hydrogens is 290 g/mol. The predicted molar refractivity (Wildman–Crippen MR) is 80.4 cm³/mol. The second kappa shape index (κ2) is 5.31. The molecule has 0 fully saturated rings. The van der Waals surface area contributed by atoms with Gasteiger partial charge in [0.15, 0.2) is 0 Å². The van der Waals surface area contributed by atoms with Gasteiger partial charge < -0.3 is 0 Å². The van der Waals surface area contributed by atoms with Crippen LogP contribution in [0.1, 0.15) is 12.5 Å². The van der Waals surface area contributed by atoms with E-state index >= 15 is 0 Å². The number of aromatic nitrogens is 1. The van der Waals surface area contributed by atoms with Gasteiger partial charge in [-0.15, -0.1) is 0 Å². The van der Waals surface area contributed by atoms with Crippen LogP contribution in [-0.2, 0) is 0 Å². The van der Waals surface area contributed by atoms with Crippen LogP contribution in [0.4, 0.5) is 0 Å². The SMILES string of the molecule is C=NN(C)/C=C(\C)c1cnc2ccc(Br)cc2c1. The summed E-state index contributed by atoms with van der Waals surface area (Å²) in [6, 6.07) is 8.18. The van der Waals surface area contributed by atoms with E-state index in [4.69, 9.17) is 0 Å². The van der Waals surface area contributed by atoms with Gasteiger partial charge in [0.05, 0.1) is 5.52 Å². The predicted octanol–water partition coefficient (Wildman–Crippen LogP) is 3.91. The molecule has 3 nitrogen and oxygen atoms in total. The highest BCUT2D eigenvalue weighted by Gasteiger charge is 2.01. The monoisotopic (exact) mass is 303 g/mol. The summed E-state index contributed by atoms with van der Waals surface area (Å²) in [5.41, 5.74) is 3.17. The number of hydrogen-bond donors (Lipinski definition) is 0. The Morgan fingerprint density at radius 1 is 1.44 bits per heavy atom. The number of allylic oxidation sites excluding steroid dienone is 1. The van der Waals surface area contributed by atoms with E-state index in [1.807, 2.05) is 38.5 Å². The van der Waals surface area contributed by atoms with Crippen LogP contribution in [0.25, 0.3) is 16.5 Å². The first-order valence-electron chi connectivity index (χ1n) is 5.54. The Bertz CT molecular complexity index is 619. The molecule has 0 aliphatic carbocycles. The molecule has 92 valence electrons. The average molecular weight is 304 g/mol. The van der Waals surface area contributed by atoms with Crippen molar-refractivity contribution in [1.82, 2.24) is 9.99 Å². The van der Waals surface area contributed by atoms with Crippen molar-refractivity contribution in [3.05, 3.63) is 46.7 Å². The molecular formula is C14H14BrN3. The normalized spacial score (nSPS) is 11.6. The minimum atomic E-state index is 0.991. The third-order valence-corrected chi connectivity index (χ3v) is 3.20. The number of benzene rings is 1. The van der Waals surface area contributed by atoms with Gasteiger partial charge in [0, 0.05) is 36.0 Å². The maximum Gasteiger partial charge on any atom is 0.0703 e. The highest BCUT2D eigenvalue weighted by atomic mass is 79.9. The van der Waals surface area contributed by atoms with Crippen LogP contribution in [0.5, 0.6) is 0 Å². The molecule has 18 heavy (non-hydrogen) atoms. The van der Waals surface area contributed by atoms with E-state index in [2.05, 4.69) is 44.9 Å². The van der Waals surface area contributed by atoms with Crippen LogP contribution in [-0.4, -0.2) is 23.8 Å². The van der Waals surface area contributed by atoms with Gasteiger partial charge >= 0.3 is 0 Å². The van der Waals surface area contributed by atoms with Crippen LogP contribution in [0.2, 0.25) is 0 Å². The molecule has 1 aromatic carbocycles. The van der Waals surface area contributed by atoms with Crippen LogP contribution in [0, 0.1) is 0 Å². The summed E-state index contributed by atoms with van der Waals surface area (Å²) in [5.74, 6) is 0. The van der Waals surface area contributed by atoms with Crippen molar-refractivity contribution in [2.45, 2.75) is 6.92 Å². The van der Waals surface area contributed by atoms with Crippen molar-refractivity contribution in [3.63, 3.8) is 0 Å². The molecule has 1 heterocycles. The molecule has 4 heteroatoms. The molecule has 0 atom stereocenters. The van der Waals surface area contributed by atoms with E-state index < -0.39 is 0 Å². The number of hydrazone groups is 1. The number of rotatable bonds is 3. The van der Waals surface area contributed by atoms with Gasteiger partial charge in [-0.05, 0) is 42.3 Å². The lowest BCUT2D eigenvalue weighted by atomic mass is 10.1. The van der Waals surface area contributed by atoms with Gasteiger partial charge in [0.25, 0.3) is 0 Å². The Kier molecular flexibility index (Phi) is 3.77. The summed E-state index contributed by atoms with van der Waals surface area (Å²) >= 11 is 3.47. The van der Waals surface area contributed by atoms with Crippen LogP contribution >= 0.6 is 15.9 Å². The van der Waals surface area contributed by atoms with Crippen molar-refractivity contribution in [2.75, 3.05) is 7.05 Å². The molecule has 0 radical (unpaired) electrons. The van der Waals surface area contributed by atoms with Crippen molar-refractivity contribution in [3.8, 4) is 0 Å². The first kappa shape index (κ1) is 12.8. The van der Waals surface area contributed by atoms with E-state index in [-0.39, 0.29) is 0 Å². The van der Waals surface area contributed by atoms with Gasteiger partial charge in [-0.1, -0.05) is 15.9 Å². The zero-order valence-corrected chi connectivity index (χ0v) is 12.0. The number of nitrogens with zero attached hydrogens (tertiary/aromatic N) is 3. The largest absolute Gasteiger partial charge is 0.276 e. The topological polar surface area (TPSA) is 28.5 Å². The minimum Gasteiger partial charge on any atom is -0.276 e. The highest BCUT2D eigenvalue weighted by Crippen LogP contribution is 2.22. The van der Waals surface area contributed by atoms with Crippen molar-refractivity contribution in [2.24, 2.45) is 5.10 Å². The highest BCUT2D eigenvalue weighted by molar-refractivity contribution is 9.10. The molecule has 0 unspecified atom stereocenters. The Hall–Kier alpha value is -1.68. The fourth-order valence-corrected chi connectivity index (χ4v) is 2.09. The smallest absolute Gasteiger partial charge is 0.0703 e. The van der Waals surface area contributed by atoms with E-state index in [1.54, 1.807) is 5.01 Å². The number of fused-ring (bicyclic) bond motifs is 1. The molecule has 0 spiro atoms. The number of halogens is 1. The number of pyridine rings is 1. The Balaban J connectivity index is 2.46.